The zero-order chi connectivity index (χ0) is 58.8. The molecule has 12 heterocycles. The molecule has 0 amide bonds. The van der Waals surface area contributed by atoms with Crippen molar-refractivity contribution < 1.29 is 14.2 Å². The number of aromatic nitrogens is 6. The smallest absolute Gasteiger partial charge is 0.213 e. The summed E-state index contributed by atoms with van der Waals surface area (Å²) in [5.74, 6) is 3.58. The molecule has 85 heavy (non-hydrogen) atoms. The average molecular weight is 1170 g/mol. The molecule has 3 N–H and O–H groups in total. The Morgan fingerprint density at radius 2 is 0.729 bits per heavy atom. The van der Waals surface area contributed by atoms with Gasteiger partial charge in [0.1, 0.15) is 35.6 Å². The number of nitrogens with zero attached hydrogens (tertiary/aromatic N) is 12. The SMILES string of the molecule is C.CN1CCC(Nc2ccccn2)CC1.CN1CCC(Nc2cccnc2)CC1.CN1CCC(Nc2ccncc2)CC1.CN1CCC(Oc2ccccn2)CC1.CN1CCC(Oc2cccnc2)CC1.CN1CCC(Oc2ccncc2)CC1. The first-order chi connectivity index (χ1) is 41.1. The summed E-state index contributed by atoms with van der Waals surface area (Å²) in [6.45, 7) is 13.9. The number of anilines is 3. The van der Waals surface area contributed by atoms with Gasteiger partial charge in [0.25, 0.3) is 0 Å². The maximum absolute atomic E-state index is 5.84. The number of piperidine rings is 6. The van der Waals surface area contributed by atoms with Gasteiger partial charge in [-0.05, 0) is 225 Å². The van der Waals surface area contributed by atoms with Gasteiger partial charge in [-0.1, -0.05) is 19.6 Å². The van der Waals surface area contributed by atoms with Crippen molar-refractivity contribution in [1.82, 2.24) is 59.3 Å². The molecule has 6 aromatic heterocycles. The van der Waals surface area contributed by atoms with Gasteiger partial charge in [-0.25, -0.2) is 9.97 Å². The molecule has 0 unspecified atom stereocenters. The van der Waals surface area contributed by atoms with Crippen LogP contribution in [0.2, 0.25) is 0 Å². The number of pyridine rings is 6. The van der Waals surface area contributed by atoms with E-state index in [1.54, 1.807) is 37.2 Å². The molecule has 6 fully saturated rings. The topological polar surface area (TPSA) is 161 Å². The molecule has 0 aromatic carbocycles. The predicted molar refractivity (Wildman–Crippen MR) is 348 cm³/mol. The van der Waals surface area contributed by atoms with E-state index in [1.807, 2.05) is 104 Å². The Balaban J connectivity index is 0.000000163. The van der Waals surface area contributed by atoms with Crippen LogP contribution in [0.3, 0.4) is 0 Å². The third-order valence-corrected chi connectivity index (χ3v) is 16.1. The van der Waals surface area contributed by atoms with Crippen LogP contribution in [-0.2, 0) is 0 Å². The standard InChI is InChI=1S/3C11H17N3.3C11H16N2O.CH4/c1-14-8-4-11(5-9-14)13-10-2-6-12-7-3-10;1-14-7-4-10(5-8-14)13-11-3-2-6-12-9-11;1-14-8-5-10(6-9-14)13-11-4-2-3-7-12-11;1-13-8-4-11(5-9-13)14-10-2-6-12-7-3-10;1-13-7-4-10(5-8-13)14-11-3-2-6-12-9-11;1-13-8-5-10(6-9-13)14-11-4-2-3-7-12-11;/h2-3,6-7,11H,4-5,8-9H2,1H3,(H,12,13);2-3,6,9-10,13H,4-5,7-8H2,1H3;2-4,7,10H,5-6,8-9H2,1H3,(H,12,13);2-3,6-7,11H,4-5,8-9H2,1H3;2-3,6,9-10H,4-5,7-8H2,1H3;2-4,7,10H,5-6,8-9H2,1H3;1H4. The highest BCUT2D eigenvalue weighted by Gasteiger charge is 2.22. The van der Waals surface area contributed by atoms with Gasteiger partial charge in [0.15, 0.2) is 0 Å². The van der Waals surface area contributed by atoms with Gasteiger partial charge in [-0.3, -0.25) is 19.9 Å². The predicted octanol–water partition coefficient (Wildman–Crippen LogP) is 10.1. The summed E-state index contributed by atoms with van der Waals surface area (Å²) < 4.78 is 17.4. The second-order valence-corrected chi connectivity index (χ2v) is 23.3. The molecule has 6 aromatic rings. The Morgan fingerprint density at radius 3 is 1.15 bits per heavy atom. The first-order valence-corrected chi connectivity index (χ1v) is 30.9. The van der Waals surface area contributed by atoms with Gasteiger partial charge < -0.3 is 59.6 Å². The fraction of sp³-hybridized carbons (Fsp3) is 0.552. The Hall–Kier alpha value is -6.54. The lowest BCUT2D eigenvalue weighted by molar-refractivity contribution is 0.110. The fourth-order valence-electron chi connectivity index (χ4n) is 10.6. The zero-order valence-corrected chi connectivity index (χ0v) is 51.4. The minimum atomic E-state index is 0. The number of likely N-dealkylation sites (tertiary alicyclic amines) is 6. The Bertz CT molecular complexity index is 2060. The summed E-state index contributed by atoms with van der Waals surface area (Å²) in [6.07, 6.45) is 33.2. The number of hydrogen-bond donors (Lipinski definition) is 3. The van der Waals surface area contributed by atoms with E-state index in [0.717, 1.165) is 107 Å². The summed E-state index contributed by atoms with van der Waals surface area (Å²) in [7, 11) is 13.0. The first kappa shape index (κ1) is 67.6. The monoisotopic (exact) mass is 1170 g/mol. The van der Waals surface area contributed by atoms with Gasteiger partial charge in [0, 0.05) is 125 Å². The van der Waals surface area contributed by atoms with Crippen LogP contribution in [0.15, 0.2) is 147 Å². The van der Waals surface area contributed by atoms with E-state index in [1.165, 1.54) is 83.5 Å². The lowest BCUT2D eigenvalue weighted by atomic mass is 10.1. The van der Waals surface area contributed by atoms with E-state index in [4.69, 9.17) is 14.2 Å². The van der Waals surface area contributed by atoms with Crippen molar-refractivity contribution in [3.63, 3.8) is 0 Å². The van der Waals surface area contributed by atoms with Crippen molar-refractivity contribution in [2.45, 2.75) is 121 Å². The van der Waals surface area contributed by atoms with Crippen molar-refractivity contribution in [2.75, 3.05) is 137 Å². The highest BCUT2D eigenvalue weighted by molar-refractivity contribution is 5.42. The van der Waals surface area contributed by atoms with Gasteiger partial charge in [-0.2, -0.15) is 0 Å². The highest BCUT2D eigenvalue weighted by atomic mass is 16.5. The average Bonchev–Trinajstić information content (AvgIpc) is 3.59. The number of ether oxygens (including phenoxy) is 3. The highest BCUT2D eigenvalue weighted by Crippen LogP contribution is 2.21. The minimum Gasteiger partial charge on any atom is -0.490 e. The lowest BCUT2D eigenvalue weighted by Gasteiger charge is -2.30. The number of rotatable bonds is 12. The van der Waals surface area contributed by atoms with E-state index in [2.05, 4.69) is 124 Å². The molecule has 464 valence electrons. The Kier molecular flexibility index (Phi) is 31.2. The molecular formula is C67H103N15O3. The van der Waals surface area contributed by atoms with Crippen molar-refractivity contribution in [3.8, 4) is 17.4 Å². The molecule has 0 aliphatic carbocycles. The maximum atomic E-state index is 5.84. The van der Waals surface area contributed by atoms with E-state index in [9.17, 15) is 0 Å². The van der Waals surface area contributed by atoms with Gasteiger partial charge >= 0.3 is 0 Å². The Morgan fingerprint density at radius 1 is 0.329 bits per heavy atom. The zero-order valence-electron chi connectivity index (χ0n) is 51.4. The van der Waals surface area contributed by atoms with E-state index in [-0.39, 0.29) is 7.43 Å². The van der Waals surface area contributed by atoms with Gasteiger partial charge in [-0.15, -0.1) is 0 Å². The third-order valence-electron chi connectivity index (χ3n) is 16.1. The van der Waals surface area contributed by atoms with Crippen LogP contribution >= 0.6 is 0 Å². The van der Waals surface area contributed by atoms with Crippen LogP contribution in [0.4, 0.5) is 17.2 Å². The van der Waals surface area contributed by atoms with Crippen molar-refractivity contribution in [3.05, 3.63) is 147 Å². The summed E-state index contributed by atoms with van der Waals surface area (Å²) in [6, 6.07) is 29.4. The molecule has 6 aliphatic heterocycles. The second-order valence-electron chi connectivity index (χ2n) is 23.3. The van der Waals surface area contributed by atoms with Crippen molar-refractivity contribution in [2.24, 2.45) is 0 Å². The summed E-state index contributed by atoms with van der Waals surface area (Å²) in [5, 5.41) is 10.5. The lowest BCUT2D eigenvalue weighted by Crippen LogP contribution is -2.36. The molecule has 6 saturated heterocycles. The van der Waals surface area contributed by atoms with Gasteiger partial charge in [0.05, 0.1) is 11.9 Å². The van der Waals surface area contributed by atoms with Crippen LogP contribution in [0.5, 0.6) is 17.4 Å². The summed E-state index contributed by atoms with van der Waals surface area (Å²) >= 11 is 0. The van der Waals surface area contributed by atoms with Crippen LogP contribution in [0.25, 0.3) is 0 Å². The van der Waals surface area contributed by atoms with Crippen LogP contribution in [0.1, 0.15) is 84.5 Å². The fourth-order valence-corrected chi connectivity index (χ4v) is 10.6. The second kappa shape index (κ2) is 39.2. The summed E-state index contributed by atoms with van der Waals surface area (Å²) in [4.78, 5) is 38.6. The molecule has 0 spiro atoms. The van der Waals surface area contributed by atoms with Crippen LogP contribution in [-0.4, -0.2) is 217 Å². The first-order valence-electron chi connectivity index (χ1n) is 30.9. The molecule has 18 nitrogen and oxygen atoms in total. The molecule has 0 atom stereocenters. The molecule has 6 aliphatic rings. The molecule has 0 bridgehead atoms. The van der Waals surface area contributed by atoms with Gasteiger partial charge in [0.2, 0.25) is 5.88 Å². The number of hydrogen-bond acceptors (Lipinski definition) is 18. The molecule has 0 saturated carbocycles. The normalized spacial score (nSPS) is 19.3. The molecule has 12 rings (SSSR count). The molecular weight excluding hydrogens is 1060 g/mol. The van der Waals surface area contributed by atoms with E-state index in [0.29, 0.717) is 36.4 Å². The maximum Gasteiger partial charge on any atom is 0.213 e. The molecule has 0 radical (unpaired) electrons. The molecule has 18 heteroatoms. The summed E-state index contributed by atoms with van der Waals surface area (Å²) in [5.41, 5.74) is 2.33. The quantitative estimate of drug-likeness (QED) is 0.106. The van der Waals surface area contributed by atoms with Crippen LogP contribution in [0, 0.1) is 0 Å². The van der Waals surface area contributed by atoms with E-state index >= 15 is 0 Å². The van der Waals surface area contributed by atoms with Crippen LogP contribution < -0.4 is 30.2 Å². The number of nitrogens with one attached hydrogen (secondary N) is 3. The third kappa shape index (κ3) is 28.0. The van der Waals surface area contributed by atoms with Crippen molar-refractivity contribution >= 4 is 17.2 Å². The largest absolute Gasteiger partial charge is 0.490 e. The van der Waals surface area contributed by atoms with Crippen molar-refractivity contribution in [1.29, 1.82) is 0 Å². The Labute approximate surface area is 510 Å². The minimum absolute atomic E-state index is 0. The van der Waals surface area contributed by atoms with E-state index < -0.39 is 0 Å².